The van der Waals surface area contributed by atoms with Gasteiger partial charge in [-0.15, -0.1) is 0 Å². The third kappa shape index (κ3) is 4.19. The van der Waals surface area contributed by atoms with Crippen molar-refractivity contribution >= 4 is 31.9 Å². The average molecular weight is 370 g/mol. The fourth-order valence-electron chi connectivity index (χ4n) is 1.81. The molecule has 0 saturated carbocycles. The van der Waals surface area contributed by atoms with E-state index in [0.717, 1.165) is 22.0 Å². The van der Waals surface area contributed by atoms with E-state index >= 15 is 0 Å². The predicted octanol–water partition coefficient (Wildman–Crippen LogP) is 4.24. The summed E-state index contributed by atoms with van der Waals surface area (Å²) >= 11 is 6.89. The summed E-state index contributed by atoms with van der Waals surface area (Å²) in [5.41, 5.74) is 2.52. The Labute approximate surface area is 124 Å². The predicted molar refractivity (Wildman–Crippen MR) is 81.3 cm³/mol. The van der Waals surface area contributed by atoms with Gasteiger partial charge in [0.25, 0.3) is 0 Å². The maximum Gasteiger partial charge on any atom is 0.0410 e. The molecule has 0 fully saturated rings. The lowest BCUT2D eigenvalue weighted by atomic mass is 10.2. The van der Waals surface area contributed by atoms with Crippen molar-refractivity contribution in [2.24, 2.45) is 0 Å². The SMILES string of the molecule is CN(Cc1ccc(Br)cc1)Cc1cncc(Br)c1. The van der Waals surface area contributed by atoms with E-state index in [2.05, 4.69) is 79.1 Å². The van der Waals surface area contributed by atoms with Crippen molar-refractivity contribution in [3.8, 4) is 0 Å². The Balaban J connectivity index is 1.96. The zero-order valence-corrected chi connectivity index (χ0v) is 13.3. The van der Waals surface area contributed by atoms with Crippen LogP contribution in [0.3, 0.4) is 0 Å². The fraction of sp³-hybridized carbons (Fsp3) is 0.214. The van der Waals surface area contributed by atoms with Gasteiger partial charge in [0.05, 0.1) is 0 Å². The quantitative estimate of drug-likeness (QED) is 0.801. The van der Waals surface area contributed by atoms with Gasteiger partial charge in [0.1, 0.15) is 0 Å². The molecule has 0 unspecified atom stereocenters. The van der Waals surface area contributed by atoms with Gasteiger partial charge in [-0.05, 0) is 52.3 Å². The van der Waals surface area contributed by atoms with Crippen LogP contribution < -0.4 is 0 Å². The Hall–Kier alpha value is -0.710. The van der Waals surface area contributed by atoms with Gasteiger partial charge in [-0.2, -0.15) is 0 Å². The maximum atomic E-state index is 4.18. The first-order chi connectivity index (χ1) is 8.63. The van der Waals surface area contributed by atoms with Gasteiger partial charge >= 0.3 is 0 Å². The molecule has 0 N–H and O–H groups in total. The topological polar surface area (TPSA) is 16.1 Å². The standard InChI is InChI=1S/C14H14Br2N2/c1-18(9-11-2-4-13(15)5-3-11)10-12-6-14(16)8-17-7-12/h2-8H,9-10H2,1H3. The second-order valence-electron chi connectivity index (χ2n) is 4.31. The number of hydrogen-bond acceptors (Lipinski definition) is 2. The van der Waals surface area contributed by atoms with Crippen LogP contribution in [0.25, 0.3) is 0 Å². The van der Waals surface area contributed by atoms with Crippen LogP contribution in [-0.2, 0) is 13.1 Å². The van der Waals surface area contributed by atoms with Crippen LogP contribution in [0.2, 0.25) is 0 Å². The Morgan fingerprint density at radius 1 is 0.944 bits per heavy atom. The highest BCUT2D eigenvalue weighted by molar-refractivity contribution is 9.10. The molecule has 1 aromatic carbocycles. The van der Waals surface area contributed by atoms with E-state index in [1.807, 2.05) is 6.20 Å². The summed E-state index contributed by atoms with van der Waals surface area (Å²) in [6, 6.07) is 10.5. The lowest BCUT2D eigenvalue weighted by Gasteiger charge is -2.16. The zero-order chi connectivity index (χ0) is 13.0. The summed E-state index contributed by atoms with van der Waals surface area (Å²) in [6.07, 6.45) is 3.71. The minimum atomic E-state index is 0.891. The molecule has 0 atom stereocenters. The first-order valence-electron chi connectivity index (χ1n) is 5.66. The lowest BCUT2D eigenvalue weighted by Crippen LogP contribution is -2.17. The molecule has 94 valence electrons. The third-order valence-electron chi connectivity index (χ3n) is 2.58. The van der Waals surface area contributed by atoms with Crippen molar-refractivity contribution in [2.45, 2.75) is 13.1 Å². The van der Waals surface area contributed by atoms with E-state index in [9.17, 15) is 0 Å². The van der Waals surface area contributed by atoms with Gasteiger partial charge in [-0.1, -0.05) is 28.1 Å². The van der Waals surface area contributed by atoms with E-state index in [1.165, 1.54) is 11.1 Å². The second-order valence-corrected chi connectivity index (χ2v) is 6.14. The molecule has 2 aromatic rings. The Morgan fingerprint density at radius 2 is 1.61 bits per heavy atom. The molecule has 18 heavy (non-hydrogen) atoms. The first kappa shape index (κ1) is 13.7. The molecule has 0 aliphatic heterocycles. The van der Waals surface area contributed by atoms with E-state index in [4.69, 9.17) is 0 Å². The van der Waals surface area contributed by atoms with Crippen LogP contribution in [0.5, 0.6) is 0 Å². The molecule has 0 amide bonds. The summed E-state index contributed by atoms with van der Waals surface area (Å²) in [4.78, 5) is 6.45. The molecule has 0 spiro atoms. The van der Waals surface area contributed by atoms with Crippen LogP contribution in [0.15, 0.2) is 51.7 Å². The van der Waals surface area contributed by atoms with Crippen molar-refractivity contribution in [1.29, 1.82) is 0 Å². The van der Waals surface area contributed by atoms with Gasteiger partial charge in [-0.25, -0.2) is 0 Å². The van der Waals surface area contributed by atoms with Crippen LogP contribution in [0, 0.1) is 0 Å². The van der Waals surface area contributed by atoms with Crippen molar-refractivity contribution in [2.75, 3.05) is 7.05 Å². The summed E-state index contributed by atoms with van der Waals surface area (Å²) in [6.45, 7) is 1.82. The fourth-order valence-corrected chi connectivity index (χ4v) is 2.49. The molecule has 4 heteroatoms. The van der Waals surface area contributed by atoms with E-state index in [-0.39, 0.29) is 0 Å². The Bertz CT molecular complexity index is 511. The van der Waals surface area contributed by atoms with Crippen LogP contribution in [0.4, 0.5) is 0 Å². The Kier molecular flexibility index (Phi) is 4.92. The van der Waals surface area contributed by atoms with Crippen LogP contribution in [-0.4, -0.2) is 16.9 Å². The normalized spacial score (nSPS) is 10.9. The highest BCUT2D eigenvalue weighted by atomic mass is 79.9. The van der Waals surface area contributed by atoms with Gasteiger partial charge in [0.2, 0.25) is 0 Å². The summed E-state index contributed by atoms with van der Waals surface area (Å²) in [5, 5.41) is 0. The lowest BCUT2D eigenvalue weighted by molar-refractivity contribution is 0.318. The highest BCUT2D eigenvalue weighted by Gasteiger charge is 2.02. The zero-order valence-electron chi connectivity index (χ0n) is 10.1. The van der Waals surface area contributed by atoms with E-state index in [1.54, 1.807) is 6.20 Å². The van der Waals surface area contributed by atoms with Crippen molar-refractivity contribution < 1.29 is 0 Å². The summed E-state index contributed by atoms with van der Waals surface area (Å²) in [5.74, 6) is 0. The molecule has 0 bridgehead atoms. The number of benzene rings is 1. The van der Waals surface area contributed by atoms with Gasteiger partial charge in [-0.3, -0.25) is 9.88 Å². The highest BCUT2D eigenvalue weighted by Crippen LogP contribution is 2.14. The minimum Gasteiger partial charge on any atom is -0.298 e. The molecular weight excluding hydrogens is 356 g/mol. The molecule has 1 aromatic heterocycles. The number of pyridine rings is 1. The van der Waals surface area contributed by atoms with Crippen molar-refractivity contribution in [1.82, 2.24) is 9.88 Å². The molecule has 2 nitrogen and oxygen atoms in total. The molecule has 0 aliphatic carbocycles. The van der Waals surface area contributed by atoms with Gasteiger partial charge in [0, 0.05) is 34.4 Å². The molecule has 1 heterocycles. The van der Waals surface area contributed by atoms with Crippen molar-refractivity contribution in [3.63, 3.8) is 0 Å². The largest absolute Gasteiger partial charge is 0.298 e. The number of rotatable bonds is 4. The van der Waals surface area contributed by atoms with E-state index < -0.39 is 0 Å². The number of halogens is 2. The molecule has 2 rings (SSSR count). The third-order valence-corrected chi connectivity index (χ3v) is 3.54. The Morgan fingerprint density at radius 3 is 2.28 bits per heavy atom. The number of hydrogen-bond donors (Lipinski definition) is 0. The first-order valence-corrected chi connectivity index (χ1v) is 7.24. The number of aromatic nitrogens is 1. The minimum absolute atomic E-state index is 0.891. The van der Waals surface area contributed by atoms with E-state index in [0.29, 0.717) is 0 Å². The smallest absolute Gasteiger partial charge is 0.0410 e. The number of nitrogens with zero attached hydrogens (tertiary/aromatic N) is 2. The van der Waals surface area contributed by atoms with Crippen molar-refractivity contribution in [3.05, 3.63) is 62.8 Å². The molecule has 0 radical (unpaired) electrons. The monoisotopic (exact) mass is 368 g/mol. The van der Waals surface area contributed by atoms with Crippen LogP contribution >= 0.6 is 31.9 Å². The molecule has 0 saturated heterocycles. The summed E-state index contributed by atoms with van der Waals surface area (Å²) < 4.78 is 2.14. The summed E-state index contributed by atoms with van der Waals surface area (Å²) in [7, 11) is 2.11. The van der Waals surface area contributed by atoms with Crippen LogP contribution in [0.1, 0.15) is 11.1 Å². The second kappa shape index (κ2) is 6.45. The molecular formula is C14H14Br2N2. The molecule has 0 aliphatic rings. The van der Waals surface area contributed by atoms with Gasteiger partial charge in [0.15, 0.2) is 0 Å². The average Bonchev–Trinajstić information content (AvgIpc) is 2.32. The maximum absolute atomic E-state index is 4.18. The van der Waals surface area contributed by atoms with Gasteiger partial charge < -0.3 is 0 Å².